The van der Waals surface area contributed by atoms with Gasteiger partial charge in [0.15, 0.2) is 0 Å². The van der Waals surface area contributed by atoms with Gasteiger partial charge in [0, 0.05) is 0 Å². The second kappa shape index (κ2) is 4.04. The quantitative estimate of drug-likeness (QED) is 0.744. The number of anilines is 1. The van der Waals surface area contributed by atoms with Crippen molar-refractivity contribution in [2.24, 2.45) is 0 Å². The fourth-order valence-electron chi connectivity index (χ4n) is 1.18. The van der Waals surface area contributed by atoms with Gasteiger partial charge in [-0.05, 0) is 12.3 Å². The SMILES string of the molecule is CCCC(C)c1cnc(N)cn1. The number of rotatable bonds is 3. The molecule has 1 unspecified atom stereocenters. The maximum absolute atomic E-state index is 5.43. The molecule has 0 radical (unpaired) electrons. The van der Waals surface area contributed by atoms with Crippen LogP contribution in [0.3, 0.4) is 0 Å². The van der Waals surface area contributed by atoms with E-state index in [1.54, 1.807) is 12.4 Å². The zero-order valence-corrected chi connectivity index (χ0v) is 7.62. The molecule has 1 aromatic rings. The van der Waals surface area contributed by atoms with Crippen LogP contribution < -0.4 is 5.73 Å². The van der Waals surface area contributed by atoms with Gasteiger partial charge in [0.2, 0.25) is 0 Å². The molecule has 0 saturated heterocycles. The maximum Gasteiger partial charge on any atom is 0.141 e. The molecule has 1 heterocycles. The highest BCUT2D eigenvalue weighted by molar-refractivity contribution is 5.23. The lowest BCUT2D eigenvalue weighted by Gasteiger charge is -2.07. The Morgan fingerprint density at radius 2 is 2.17 bits per heavy atom. The number of hydrogen-bond donors (Lipinski definition) is 1. The van der Waals surface area contributed by atoms with Gasteiger partial charge in [-0.2, -0.15) is 0 Å². The van der Waals surface area contributed by atoms with Crippen LogP contribution in [0.1, 0.15) is 38.3 Å². The highest BCUT2D eigenvalue weighted by Gasteiger charge is 2.05. The third kappa shape index (κ3) is 2.19. The highest BCUT2D eigenvalue weighted by Crippen LogP contribution is 2.17. The van der Waals surface area contributed by atoms with Crippen molar-refractivity contribution in [2.75, 3.05) is 5.73 Å². The van der Waals surface area contributed by atoms with E-state index >= 15 is 0 Å². The van der Waals surface area contributed by atoms with Crippen LogP contribution in [-0.4, -0.2) is 9.97 Å². The van der Waals surface area contributed by atoms with Crippen molar-refractivity contribution in [3.63, 3.8) is 0 Å². The normalized spacial score (nSPS) is 12.8. The first-order valence-electron chi connectivity index (χ1n) is 4.31. The summed E-state index contributed by atoms with van der Waals surface area (Å²) in [6.07, 6.45) is 5.70. The van der Waals surface area contributed by atoms with Crippen molar-refractivity contribution in [1.82, 2.24) is 9.97 Å². The molecule has 1 atom stereocenters. The third-order valence-corrected chi connectivity index (χ3v) is 1.92. The van der Waals surface area contributed by atoms with Crippen molar-refractivity contribution in [2.45, 2.75) is 32.6 Å². The average molecular weight is 165 g/mol. The molecule has 3 heteroatoms. The fraction of sp³-hybridized carbons (Fsp3) is 0.556. The number of nitrogen functional groups attached to an aromatic ring is 1. The van der Waals surface area contributed by atoms with Gasteiger partial charge in [-0.25, -0.2) is 4.98 Å². The van der Waals surface area contributed by atoms with Crippen LogP contribution >= 0.6 is 0 Å². The van der Waals surface area contributed by atoms with Crippen molar-refractivity contribution in [3.05, 3.63) is 18.1 Å². The molecule has 2 N–H and O–H groups in total. The summed E-state index contributed by atoms with van der Waals surface area (Å²) in [5.74, 6) is 0.977. The molecule has 1 rings (SSSR count). The van der Waals surface area contributed by atoms with E-state index in [4.69, 9.17) is 5.73 Å². The number of aromatic nitrogens is 2. The molecular weight excluding hydrogens is 150 g/mol. The van der Waals surface area contributed by atoms with Gasteiger partial charge in [0.25, 0.3) is 0 Å². The molecule has 0 fully saturated rings. The third-order valence-electron chi connectivity index (χ3n) is 1.92. The minimum Gasteiger partial charge on any atom is -0.382 e. The molecule has 0 saturated carbocycles. The van der Waals surface area contributed by atoms with Crippen LogP contribution in [0, 0.1) is 0 Å². The molecule has 1 aromatic heterocycles. The Balaban J connectivity index is 2.68. The zero-order chi connectivity index (χ0) is 8.97. The molecule has 0 bridgehead atoms. The van der Waals surface area contributed by atoms with Crippen molar-refractivity contribution in [3.8, 4) is 0 Å². The molecule has 0 aromatic carbocycles. The molecule has 0 spiro atoms. The number of hydrogen-bond acceptors (Lipinski definition) is 3. The second-order valence-electron chi connectivity index (χ2n) is 3.06. The lowest BCUT2D eigenvalue weighted by Crippen LogP contribution is -1.99. The van der Waals surface area contributed by atoms with Crippen molar-refractivity contribution >= 4 is 5.82 Å². The Hall–Kier alpha value is -1.12. The minimum absolute atomic E-state index is 0.488. The maximum atomic E-state index is 5.43. The lowest BCUT2D eigenvalue weighted by molar-refractivity contribution is 0.644. The van der Waals surface area contributed by atoms with E-state index in [1.807, 2.05) is 0 Å². The predicted octanol–water partition coefficient (Wildman–Crippen LogP) is 1.96. The topological polar surface area (TPSA) is 51.8 Å². The monoisotopic (exact) mass is 165 g/mol. The molecule has 3 nitrogen and oxygen atoms in total. The van der Waals surface area contributed by atoms with E-state index in [1.165, 1.54) is 6.42 Å². The molecule has 0 aliphatic heterocycles. The smallest absolute Gasteiger partial charge is 0.141 e. The van der Waals surface area contributed by atoms with Gasteiger partial charge in [-0.1, -0.05) is 20.3 Å². The van der Waals surface area contributed by atoms with E-state index < -0.39 is 0 Å². The number of nitrogens with zero attached hydrogens (tertiary/aromatic N) is 2. The zero-order valence-electron chi connectivity index (χ0n) is 7.62. The van der Waals surface area contributed by atoms with Crippen LogP contribution in [0.15, 0.2) is 12.4 Å². The Kier molecular flexibility index (Phi) is 3.02. The van der Waals surface area contributed by atoms with Crippen LogP contribution in [0.5, 0.6) is 0 Å². The Morgan fingerprint density at radius 1 is 1.42 bits per heavy atom. The van der Waals surface area contributed by atoms with E-state index in [0.29, 0.717) is 11.7 Å². The first-order chi connectivity index (χ1) is 5.74. The number of nitrogens with two attached hydrogens (primary N) is 1. The molecule has 12 heavy (non-hydrogen) atoms. The fourth-order valence-corrected chi connectivity index (χ4v) is 1.18. The summed E-state index contributed by atoms with van der Waals surface area (Å²) in [6.45, 7) is 4.32. The van der Waals surface area contributed by atoms with Gasteiger partial charge >= 0.3 is 0 Å². The molecular formula is C9H15N3. The van der Waals surface area contributed by atoms with E-state index in [9.17, 15) is 0 Å². The molecule has 66 valence electrons. The largest absolute Gasteiger partial charge is 0.382 e. The summed E-state index contributed by atoms with van der Waals surface area (Å²) < 4.78 is 0. The van der Waals surface area contributed by atoms with Gasteiger partial charge < -0.3 is 5.73 Å². The van der Waals surface area contributed by atoms with Gasteiger partial charge in [-0.15, -0.1) is 0 Å². The van der Waals surface area contributed by atoms with E-state index in [0.717, 1.165) is 12.1 Å². The summed E-state index contributed by atoms with van der Waals surface area (Å²) in [5.41, 5.74) is 6.46. The summed E-state index contributed by atoms with van der Waals surface area (Å²) >= 11 is 0. The predicted molar refractivity (Wildman–Crippen MR) is 49.8 cm³/mol. The average Bonchev–Trinajstić information content (AvgIpc) is 2.06. The summed E-state index contributed by atoms with van der Waals surface area (Å²) in [7, 11) is 0. The standard InChI is InChI=1S/C9H15N3/c1-3-4-7(2)8-5-12-9(10)6-11-8/h5-7H,3-4H2,1-2H3,(H2,10,12). The van der Waals surface area contributed by atoms with Gasteiger partial charge in [-0.3, -0.25) is 4.98 Å². The van der Waals surface area contributed by atoms with Crippen LogP contribution in [0.2, 0.25) is 0 Å². The summed E-state index contributed by atoms with van der Waals surface area (Å²) in [4.78, 5) is 8.21. The van der Waals surface area contributed by atoms with E-state index in [-0.39, 0.29) is 0 Å². The van der Waals surface area contributed by atoms with Crippen molar-refractivity contribution < 1.29 is 0 Å². The van der Waals surface area contributed by atoms with Crippen molar-refractivity contribution in [1.29, 1.82) is 0 Å². The molecule has 0 aliphatic carbocycles. The first kappa shape index (κ1) is 8.97. The Bertz CT molecular complexity index is 230. The summed E-state index contributed by atoms with van der Waals surface area (Å²) in [5, 5.41) is 0. The molecule has 0 amide bonds. The first-order valence-corrected chi connectivity index (χ1v) is 4.31. The van der Waals surface area contributed by atoms with Crippen LogP contribution in [0.25, 0.3) is 0 Å². The highest BCUT2D eigenvalue weighted by atomic mass is 14.9. The minimum atomic E-state index is 0.488. The van der Waals surface area contributed by atoms with Gasteiger partial charge in [0.05, 0.1) is 18.1 Å². The van der Waals surface area contributed by atoms with Crippen LogP contribution in [-0.2, 0) is 0 Å². The van der Waals surface area contributed by atoms with E-state index in [2.05, 4.69) is 23.8 Å². The van der Waals surface area contributed by atoms with Gasteiger partial charge in [0.1, 0.15) is 5.82 Å². The molecule has 0 aliphatic rings. The Labute approximate surface area is 73.0 Å². The lowest BCUT2D eigenvalue weighted by atomic mass is 10.0. The van der Waals surface area contributed by atoms with Crippen LogP contribution in [0.4, 0.5) is 5.82 Å². The second-order valence-corrected chi connectivity index (χ2v) is 3.06. The summed E-state index contributed by atoms with van der Waals surface area (Å²) in [6, 6.07) is 0. The Morgan fingerprint density at radius 3 is 2.67 bits per heavy atom.